The molecule has 21 heavy (non-hydrogen) atoms. The quantitative estimate of drug-likeness (QED) is 0.771. The Labute approximate surface area is 121 Å². The van der Waals surface area contributed by atoms with Gasteiger partial charge in [0.2, 0.25) is 0 Å². The standard InChI is InChI=1S/C14H17N5O2/c1-4-10-9(11(5-2)20-19-10)6-15-13-12-8(3)18-21-14(12)17-7-16-13/h7H,4-6H2,1-3H3,(H,15,16,17). The SMILES string of the molecule is CCc1noc(CC)c1CNc1ncnc2onc(C)c12. The van der Waals surface area contributed by atoms with Crippen LogP contribution < -0.4 is 5.32 Å². The first-order valence-electron chi connectivity index (χ1n) is 7.01. The maximum atomic E-state index is 5.37. The average molecular weight is 287 g/mol. The van der Waals surface area contributed by atoms with Crippen molar-refractivity contribution in [2.45, 2.75) is 40.2 Å². The van der Waals surface area contributed by atoms with Crippen LogP contribution in [0.2, 0.25) is 0 Å². The van der Waals surface area contributed by atoms with Crippen LogP contribution in [0.5, 0.6) is 0 Å². The van der Waals surface area contributed by atoms with Gasteiger partial charge in [-0.25, -0.2) is 4.98 Å². The topological polar surface area (TPSA) is 89.9 Å². The van der Waals surface area contributed by atoms with Crippen molar-refractivity contribution in [2.75, 3.05) is 5.32 Å². The maximum absolute atomic E-state index is 5.37. The average Bonchev–Trinajstić information content (AvgIpc) is 3.08. The lowest BCUT2D eigenvalue weighted by molar-refractivity contribution is 0.380. The van der Waals surface area contributed by atoms with E-state index in [0.29, 0.717) is 18.1 Å². The number of aryl methyl sites for hydroxylation is 3. The second kappa shape index (κ2) is 5.51. The molecule has 7 nitrogen and oxygen atoms in total. The van der Waals surface area contributed by atoms with Crippen molar-refractivity contribution in [1.29, 1.82) is 0 Å². The van der Waals surface area contributed by atoms with Crippen molar-refractivity contribution in [1.82, 2.24) is 20.3 Å². The molecule has 0 atom stereocenters. The van der Waals surface area contributed by atoms with Crippen LogP contribution in [0, 0.1) is 6.92 Å². The highest BCUT2D eigenvalue weighted by Gasteiger charge is 2.16. The molecule has 3 heterocycles. The smallest absolute Gasteiger partial charge is 0.263 e. The largest absolute Gasteiger partial charge is 0.365 e. The highest BCUT2D eigenvalue weighted by molar-refractivity contribution is 5.87. The lowest BCUT2D eigenvalue weighted by atomic mass is 10.1. The number of nitrogens with one attached hydrogen (secondary N) is 1. The Morgan fingerprint density at radius 2 is 1.95 bits per heavy atom. The third kappa shape index (κ3) is 2.35. The predicted octanol–water partition coefficient (Wildman–Crippen LogP) is 2.65. The van der Waals surface area contributed by atoms with Crippen LogP contribution in [0.4, 0.5) is 5.82 Å². The Balaban J connectivity index is 1.90. The number of anilines is 1. The van der Waals surface area contributed by atoms with E-state index < -0.39 is 0 Å². The molecule has 0 aliphatic heterocycles. The molecule has 0 saturated heterocycles. The number of fused-ring (bicyclic) bond motifs is 1. The molecule has 0 spiro atoms. The van der Waals surface area contributed by atoms with Gasteiger partial charge in [-0.3, -0.25) is 0 Å². The summed E-state index contributed by atoms with van der Waals surface area (Å²) in [6.45, 7) is 6.59. The van der Waals surface area contributed by atoms with E-state index in [9.17, 15) is 0 Å². The van der Waals surface area contributed by atoms with Gasteiger partial charge in [0.15, 0.2) is 0 Å². The molecule has 1 N–H and O–H groups in total. The normalized spacial score (nSPS) is 11.2. The molecule has 110 valence electrons. The van der Waals surface area contributed by atoms with Crippen LogP contribution in [0.1, 0.15) is 36.6 Å². The molecule has 0 fully saturated rings. The minimum Gasteiger partial charge on any atom is -0.365 e. The number of aromatic nitrogens is 4. The van der Waals surface area contributed by atoms with E-state index in [2.05, 4.69) is 39.4 Å². The summed E-state index contributed by atoms with van der Waals surface area (Å²) < 4.78 is 10.5. The van der Waals surface area contributed by atoms with E-state index in [1.54, 1.807) is 0 Å². The van der Waals surface area contributed by atoms with Gasteiger partial charge in [0.05, 0.1) is 11.4 Å². The number of rotatable bonds is 5. The Bertz CT molecular complexity index is 740. The summed E-state index contributed by atoms with van der Waals surface area (Å²) >= 11 is 0. The van der Waals surface area contributed by atoms with E-state index in [1.807, 2.05) is 6.92 Å². The molecule has 3 rings (SSSR count). The fourth-order valence-electron chi connectivity index (χ4n) is 2.37. The Kier molecular flexibility index (Phi) is 3.55. The van der Waals surface area contributed by atoms with Crippen molar-refractivity contribution in [3.63, 3.8) is 0 Å². The molecule has 0 bridgehead atoms. The van der Waals surface area contributed by atoms with Crippen LogP contribution in [-0.4, -0.2) is 20.3 Å². The number of nitrogens with zero attached hydrogens (tertiary/aromatic N) is 4. The molecule has 0 radical (unpaired) electrons. The first-order chi connectivity index (χ1) is 10.2. The zero-order valence-electron chi connectivity index (χ0n) is 12.3. The van der Waals surface area contributed by atoms with E-state index in [4.69, 9.17) is 9.05 Å². The fraction of sp³-hybridized carbons (Fsp3) is 0.429. The number of hydrogen-bond donors (Lipinski definition) is 1. The van der Waals surface area contributed by atoms with Crippen LogP contribution in [0.3, 0.4) is 0 Å². The molecule has 3 aromatic rings. The van der Waals surface area contributed by atoms with E-state index in [-0.39, 0.29) is 0 Å². The molecule has 0 aliphatic carbocycles. The second-order valence-electron chi connectivity index (χ2n) is 4.76. The Morgan fingerprint density at radius 1 is 1.10 bits per heavy atom. The lowest BCUT2D eigenvalue weighted by Crippen LogP contribution is -2.05. The van der Waals surface area contributed by atoms with Gasteiger partial charge in [0.1, 0.15) is 23.3 Å². The van der Waals surface area contributed by atoms with E-state index >= 15 is 0 Å². The highest BCUT2D eigenvalue weighted by atomic mass is 16.5. The summed E-state index contributed by atoms with van der Waals surface area (Å²) in [5.41, 5.74) is 3.33. The van der Waals surface area contributed by atoms with Gasteiger partial charge in [-0.05, 0) is 13.3 Å². The summed E-state index contributed by atoms with van der Waals surface area (Å²) in [5.74, 6) is 1.62. The first-order valence-corrected chi connectivity index (χ1v) is 7.01. The summed E-state index contributed by atoms with van der Waals surface area (Å²) in [4.78, 5) is 8.34. The summed E-state index contributed by atoms with van der Waals surface area (Å²) in [5, 5.41) is 12.2. The zero-order chi connectivity index (χ0) is 14.8. The molecule has 7 heteroatoms. The van der Waals surface area contributed by atoms with Gasteiger partial charge in [0, 0.05) is 18.5 Å². The van der Waals surface area contributed by atoms with Gasteiger partial charge in [-0.2, -0.15) is 4.98 Å². The molecule has 0 saturated carbocycles. The van der Waals surface area contributed by atoms with Crippen LogP contribution >= 0.6 is 0 Å². The third-order valence-electron chi connectivity index (χ3n) is 3.48. The summed E-state index contributed by atoms with van der Waals surface area (Å²) in [7, 11) is 0. The molecule has 0 aromatic carbocycles. The fourth-order valence-corrected chi connectivity index (χ4v) is 2.37. The van der Waals surface area contributed by atoms with Gasteiger partial charge >= 0.3 is 0 Å². The van der Waals surface area contributed by atoms with Crippen LogP contribution in [0.25, 0.3) is 11.1 Å². The molecule has 0 unspecified atom stereocenters. The van der Waals surface area contributed by atoms with Gasteiger partial charge < -0.3 is 14.4 Å². The molecule has 0 aliphatic rings. The van der Waals surface area contributed by atoms with Crippen LogP contribution in [0.15, 0.2) is 15.4 Å². The third-order valence-corrected chi connectivity index (χ3v) is 3.48. The highest BCUT2D eigenvalue weighted by Crippen LogP contribution is 2.24. The number of hydrogen-bond acceptors (Lipinski definition) is 7. The molecule has 3 aromatic heterocycles. The van der Waals surface area contributed by atoms with Crippen molar-refractivity contribution < 1.29 is 9.05 Å². The van der Waals surface area contributed by atoms with Gasteiger partial charge in [0.25, 0.3) is 5.71 Å². The molecular weight excluding hydrogens is 270 g/mol. The predicted molar refractivity (Wildman–Crippen MR) is 76.9 cm³/mol. The van der Waals surface area contributed by atoms with Crippen molar-refractivity contribution in [2.24, 2.45) is 0 Å². The molecular formula is C14H17N5O2. The molecule has 0 amide bonds. The summed E-state index contributed by atoms with van der Waals surface area (Å²) in [6, 6.07) is 0. The minimum absolute atomic E-state index is 0.488. The van der Waals surface area contributed by atoms with Crippen LogP contribution in [-0.2, 0) is 19.4 Å². The van der Waals surface area contributed by atoms with Crippen molar-refractivity contribution >= 4 is 16.9 Å². The van der Waals surface area contributed by atoms with E-state index in [0.717, 1.165) is 40.9 Å². The summed E-state index contributed by atoms with van der Waals surface area (Å²) in [6.07, 6.45) is 3.12. The van der Waals surface area contributed by atoms with Crippen molar-refractivity contribution in [3.05, 3.63) is 29.0 Å². The first kappa shape index (κ1) is 13.5. The lowest BCUT2D eigenvalue weighted by Gasteiger charge is -2.06. The second-order valence-corrected chi connectivity index (χ2v) is 4.76. The Hall–Kier alpha value is -2.44. The monoisotopic (exact) mass is 287 g/mol. The Morgan fingerprint density at radius 3 is 2.71 bits per heavy atom. The minimum atomic E-state index is 0.488. The maximum Gasteiger partial charge on any atom is 0.263 e. The zero-order valence-corrected chi connectivity index (χ0v) is 12.3. The van der Waals surface area contributed by atoms with Gasteiger partial charge in [-0.1, -0.05) is 24.2 Å². The van der Waals surface area contributed by atoms with Gasteiger partial charge in [-0.15, -0.1) is 0 Å². The van der Waals surface area contributed by atoms with Crippen molar-refractivity contribution in [3.8, 4) is 0 Å². The van der Waals surface area contributed by atoms with E-state index in [1.165, 1.54) is 6.33 Å².